The highest BCUT2D eigenvalue weighted by atomic mass is 16.5. The minimum absolute atomic E-state index is 0.0624. The summed E-state index contributed by atoms with van der Waals surface area (Å²) in [6.07, 6.45) is 1.18. The summed E-state index contributed by atoms with van der Waals surface area (Å²) in [4.78, 5) is 41.6. The highest BCUT2D eigenvalue weighted by Crippen LogP contribution is 2.22. The molecule has 0 saturated carbocycles. The summed E-state index contributed by atoms with van der Waals surface area (Å²) >= 11 is 0. The molecule has 0 aromatic heterocycles. The molecule has 2 fully saturated rings. The number of imide groups is 1. The predicted octanol–water partition coefficient (Wildman–Crippen LogP) is 0.544. The second-order valence-electron chi connectivity index (χ2n) is 6.27. The maximum atomic E-state index is 12.5. The average molecular weight is 311 g/mol. The molecule has 2 saturated heterocycles. The van der Waals surface area contributed by atoms with Crippen LogP contribution in [0.4, 0.5) is 4.79 Å². The van der Waals surface area contributed by atoms with Crippen LogP contribution in [-0.2, 0) is 14.3 Å². The maximum absolute atomic E-state index is 12.5. The van der Waals surface area contributed by atoms with Crippen molar-refractivity contribution >= 4 is 17.8 Å². The van der Waals surface area contributed by atoms with Gasteiger partial charge in [-0.25, -0.2) is 4.79 Å². The Hall–Kier alpha value is -1.63. The van der Waals surface area contributed by atoms with Gasteiger partial charge in [-0.2, -0.15) is 0 Å². The summed E-state index contributed by atoms with van der Waals surface area (Å²) in [5.74, 6) is 0.129. The van der Waals surface area contributed by atoms with Crippen molar-refractivity contribution in [2.75, 3.05) is 39.9 Å². The minimum atomic E-state index is -0.539. The molecule has 2 heterocycles. The zero-order chi connectivity index (χ0) is 16.3. The van der Waals surface area contributed by atoms with Crippen LogP contribution >= 0.6 is 0 Å². The third kappa shape index (κ3) is 3.40. The van der Waals surface area contributed by atoms with E-state index in [0.717, 1.165) is 0 Å². The molecule has 1 atom stereocenters. The Morgan fingerprint density at radius 3 is 2.68 bits per heavy atom. The van der Waals surface area contributed by atoms with Crippen LogP contribution < -0.4 is 0 Å². The molecule has 22 heavy (non-hydrogen) atoms. The van der Waals surface area contributed by atoms with Gasteiger partial charge in [-0.1, -0.05) is 13.8 Å². The number of amides is 4. The van der Waals surface area contributed by atoms with Gasteiger partial charge in [0.05, 0.1) is 19.7 Å². The lowest BCUT2D eigenvalue weighted by atomic mass is 10.1. The lowest BCUT2D eigenvalue weighted by Crippen LogP contribution is -2.44. The third-order valence-electron chi connectivity index (χ3n) is 4.08. The largest absolute Gasteiger partial charge is 0.383 e. The van der Waals surface area contributed by atoms with Gasteiger partial charge in [-0.3, -0.25) is 14.5 Å². The van der Waals surface area contributed by atoms with Gasteiger partial charge in [0.1, 0.15) is 6.04 Å². The van der Waals surface area contributed by atoms with Crippen molar-refractivity contribution in [3.8, 4) is 0 Å². The van der Waals surface area contributed by atoms with E-state index in [1.54, 1.807) is 9.80 Å². The Morgan fingerprint density at radius 1 is 1.32 bits per heavy atom. The fourth-order valence-electron chi connectivity index (χ4n) is 2.95. The molecule has 124 valence electrons. The number of fused-ring (bicyclic) bond motifs is 1. The number of hydrogen-bond acceptors (Lipinski definition) is 4. The Labute approximate surface area is 131 Å². The normalized spacial score (nSPS) is 22.4. The van der Waals surface area contributed by atoms with Crippen molar-refractivity contribution in [3.63, 3.8) is 0 Å². The highest BCUT2D eigenvalue weighted by molar-refractivity contribution is 6.04. The van der Waals surface area contributed by atoms with E-state index in [-0.39, 0.29) is 30.3 Å². The monoisotopic (exact) mass is 311 g/mol. The molecule has 0 aliphatic carbocycles. The molecular weight excluding hydrogens is 286 g/mol. The van der Waals surface area contributed by atoms with Gasteiger partial charge >= 0.3 is 6.03 Å². The first-order valence-electron chi connectivity index (χ1n) is 7.84. The van der Waals surface area contributed by atoms with Crippen molar-refractivity contribution in [2.24, 2.45) is 5.92 Å². The number of rotatable bonds is 5. The molecule has 0 radical (unpaired) electrons. The van der Waals surface area contributed by atoms with Crippen LogP contribution in [0.5, 0.6) is 0 Å². The number of urea groups is 1. The van der Waals surface area contributed by atoms with Crippen LogP contribution in [0.3, 0.4) is 0 Å². The topological polar surface area (TPSA) is 70.2 Å². The highest BCUT2D eigenvalue weighted by Gasteiger charge is 2.46. The van der Waals surface area contributed by atoms with Crippen LogP contribution in [0.15, 0.2) is 0 Å². The molecule has 4 amide bonds. The minimum Gasteiger partial charge on any atom is -0.383 e. The van der Waals surface area contributed by atoms with Crippen molar-refractivity contribution in [2.45, 2.75) is 32.7 Å². The van der Waals surface area contributed by atoms with Crippen LogP contribution in [-0.4, -0.2) is 78.5 Å². The average Bonchev–Trinajstić information content (AvgIpc) is 2.63. The van der Waals surface area contributed by atoms with E-state index in [0.29, 0.717) is 39.1 Å². The van der Waals surface area contributed by atoms with Crippen molar-refractivity contribution < 1.29 is 19.1 Å². The van der Waals surface area contributed by atoms with Crippen LogP contribution in [0.1, 0.15) is 26.7 Å². The van der Waals surface area contributed by atoms with Crippen LogP contribution in [0.25, 0.3) is 0 Å². The summed E-state index contributed by atoms with van der Waals surface area (Å²) in [7, 11) is 1.54. The van der Waals surface area contributed by atoms with Crippen molar-refractivity contribution in [3.05, 3.63) is 0 Å². The van der Waals surface area contributed by atoms with Gasteiger partial charge in [0.15, 0.2) is 0 Å². The Bertz CT molecular complexity index is 452. The zero-order valence-corrected chi connectivity index (χ0v) is 13.6. The van der Waals surface area contributed by atoms with Gasteiger partial charge in [0, 0.05) is 26.6 Å². The first kappa shape index (κ1) is 16.7. The zero-order valence-electron chi connectivity index (χ0n) is 13.6. The summed E-state index contributed by atoms with van der Waals surface area (Å²) in [6.45, 7) is 6.02. The van der Waals surface area contributed by atoms with E-state index in [4.69, 9.17) is 4.74 Å². The Balaban J connectivity index is 2.08. The van der Waals surface area contributed by atoms with E-state index in [1.165, 1.54) is 12.0 Å². The lowest BCUT2D eigenvalue weighted by molar-refractivity contribution is -0.134. The molecule has 2 aliphatic heterocycles. The first-order valence-corrected chi connectivity index (χ1v) is 7.84. The van der Waals surface area contributed by atoms with E-state index in [2.05, 4.69) is 0 Å². The third-order valence-corrected chi connectivity index (χ3v) is 4.08. The summed E-state index contributed by atoms with van der Waals surface area (Å²) in [6, 6.07) is -0.798. The first-order chi connectivity index (χ1) is 10.5. The number of hydrogen-bond donors (Lipinski definition) is 0. The van der Waals surface area contributed by atoms with E-state index >= 15 is 0 Å². The molecule has 7 heteroatoms. The van der Waals surface area contributed by atoms with Gasteiger partial charge in [0.2, 0.25) is 5.91 Å². The van der Waals surface area contributed by atoms with E-state index < -0.39 is 6.04 Å². The Morgan fingerprint density at radius 2 is 2.05 bits per heavy atom. The van der Waals surface area contributed by atoms with Gasteiger partial charge in [0.25, 0.3) is 5.91 Å². The molecule has 0 aromatic carbocycles. The molecule has 7 nitrogen and oxygen atoms in total. The molecule has 1 unspecified atom stereocenters. The number of carbonyl (C=O) groups excluding carboxylic acids is 3. The van der Waals surface area contributed by atoms with Crippen molar-refractivity contribution in [1.29, 1.82) is 0 Å². The molecule has 2 rings (SSSR count). The molecular formula is C15H25N3O4. The molecule has 0 spiro atoms. The Kier molecular flexibility index (Phi) is 5.39. The fraction of sp³-hybridized carbons (Fsp3) is 0.800. The second-order valence-corrected chi connectivity index (χ2v) is 6.27. The van der Waals surface area contributed by atoms with Gasteiger partial charge < -0.3 is 14.5 Å². The fourth-order valence-corrected chi connectivity index (χ4v) is 2.95. The number of ether oxygens (including phenoxy) is 1. The predicted molar refractivity (Wildman–Crippen MR) is 80.1 cm³/mol. The molecule has 0 aromatic rings. The van der Waals surface area contributed by atoms with Gasteiger partial charge in [-0.15, -0.1) is 0 Å². The summed E-state index contributed by atoms with van der Waals surface area (Å²) < 4.78 is 4.95. The number of nitrogens with zero attached hydrogens (tertiary/aromatic N) is 3. The molecule has 0 bridgehead atoms. The van der Waals surface area contributed by atoms with Crippen LogP contribution in [0.2, 0.25) is 0 Å². The maximum Gasteiger partial charge on any atom is 0.327 e. The quantitative estimate of drug-likeness (QED) is 0.695. The second kappa shape index (κ2) is 7.09. The standard InChI is InChI=1S/C15H25N3O4/c1-11(2)9-13(19)16-5-4-6-17-12(10-16)14(20)18(15(17)21)7-8-22-3/h11-12H,4-10H2,1-3H3. The summed E-state index contributed by atoms with van der Waals surface area (Å²) in [5.41, 5.74) is 0. The van der Waals surface area contributed by atoms with Crippen molar-refractivity contribution in [1.82, 2.24) is 14.7 Å². The summed E-state index contributed by atoms with van der Waals surface area (Å²) in [5, 5.41) is 0. The smallest absolute Gasteiger partial charge is 0.327 e. The SMILES string of the molecule is COCCN1C(=O)C2CN(C(=O)CC(C)C)CCCN2C1=O. The van der Waals surface area contributed by atoms with E-state index in [9.17, 15) is 14.4 Å². The van der Waals surface area contributed by atoms with Crippen LogP contribution in [0, 0.1) is 5.92 Å². The number of methoxy groups -OCH3 is 1. The van der Waals surface area contributed by atoms with Gasteiger partial charge in [-0.05, 0) is 12.3 Å². The lowest BCUT2D eigenvalue weighted by Gasteiger charge is -2.24. The van der Waals surface area contributed by atoms with E-state index in [1.807, 2.05) is 13.8 Å². The number of carbonyl (C=O) groups is 3. The molecule has 0 N–H and O–H groups in total. The molecule has 2 aliphatic rings.